The first-order chi connectivity index (χ1) is 9.47. The van der Waals surface area contributed by atoms with E-state index in [2.05, 4.69) is 23.6 Å². The van der Waals surface area contributed by atoms with E-state index in [0.29, 0.717) is 6.54 Å². The molecule has 1 aliphatic heterocycles. The minimum absolute atomic E-state index is 0.715. The molecule has 1 N–H and O–H groups in total. The standard InChI is InChI=1S/C17H28N2O/c1-15(2)13-18-9-11-19(12-10-18)14-17(3,20)16-7-5-4-6-8-16/h4-8,15,20H,9-14H2,1-3H3. The Hall–Kier alpha value is -0.900. The predicted octanol–water partition coefficient (Wildman–Crippen LogP) is 2.17. The van der Waals surface area contributed by atoms with E-state index in [4.69, 9.17) is 0 Å². The Bertz CT molecular complexity index is 395. The number of hydrogen-bond acceptors (Lipinski definition) is 3. The zero-order valence-corrected chi connectivity index (χ0v) is 13.0. The highest BCUT2D eigenvalue weighted by Gasteiger charge is 2.28. The van der Waals surface area contributed by atoms with Crippen LogP contribution in [-0.2, 0) is 5.60 Å². The van der Waals surface area contributed by atoms with Gasteiger partial charge in [0.15, 0.2) is 0 Å². The van der Waals surface area contributed by atoms with E-state index in [0.717, 1.165) is 37.7 Å². The van der Waals surface area contributed by atoms with Gasteiger partial charge in [-0.05, 0) is 18.4 Å². The van der Waals surface area contributed by atoms with Crippen LogP contribution >= 0.6 is 0 Å². The SMILES string of the molecule is CC(C)CN1CCN(CC(C)(O)c2ccccc2)CC1. The molecule has 0 spiro atoms. The van der Waals surface area contributed by atoms with Crippen LogP contribution in [0.25, 0.3) is 0 Å². The van der Waals surface area contributed by atoms with E-state index >= 15 is 0 Å². The van der Waals surface area contributed by atoms with Crippen molar-refractivity contribution in [2.24, 2.45) is 5.92 Å². The molecular weight excluding hydrogens is 248 g/mol. The smallest absolute Gasteiger partial charge is 0.0994 e. The molecule has 1 unspecified atom stereocenters. The summed E-state index contributed by atoms with van der Waals surface area (Å²) in [4.78, 5) is 4.90. The van der Waals surface area contributed by atoms with Crippen molar-refractivity contribution in [2.45, 2.75) is 26.4 Å². The molecule has 0 saturated carbocycles. The van der Waals surface area contributed by atoms with Crippen molar-refractivity contribution in [3.8, 4) is 0 Å². The number of β-amino-alcohol motifs (C(OH)–C–C–N with tert-alkyl or cyclic N) is 1. The topological polar surface area (TPSA) is 26.7 Å². The molecule has 1 aliphatic rings. The maximum absolute atomic E-state index is 10.7. The van der Waals surface area contributed by atoms with Crippen LogP contribution in [0.2, 0.25) is 0 Å². The summed E-state index contributed by atoms with van der Waals surface area (Å²) in [6.07, 6.45) is 0. The summed E-state index contributed by atoms with van der Waals surface area (Å²) in [5.41, 5.74) is 0.242. The van der Waals surface area contributed by atoms with Gasteiger partial charge in [0.05, 0.1) is 5.60 Å². The highest BCUT2D eigenvalue weighted by atomic mass is 16.3. The molecule has 1 aromatic carbocycles. The van der Waals surface area contributed by atoms with Crippen molar-refractivity contribution < 1.29 is 5.11 Å². The highest BCUT2D eigenvalue weighted by Crippen LogP contribution is 2.22. The number of benzene rings is 1. The average Bonchev–Trinajstić information content (AvgIpc) is 2.41. The quantitative estimate of drug-likeness (QED) is 0.893. The predicted molar refractivity (Wildman–Crippen MR) is 83.7 cm³/mol. The maximum atomic E-state index is 10.7. The Balaban J connectivity index is 1.86. The maximum Gasteiger partial charge on any atom is 0.0994 e. The molecule has 20 heavy (non-hydrogen) atoms. The van der Waals surface area contributed by atoms with Crippen LogP contribution < -0.4 is 0 Å². The van der Waals surface area contributed by atoms with Gasteiger partial charge in [0.25, 0.3) is 0 Å². The van der Waals surface area contributed by atoms with Gasteiger partial charge in [0.1, 0.15) is 0 Å². The Morgan fingerprint density at radius 2 is 1.60 bits per heavy atom. The van der Waals surface area contributed by atoms with Crippen molar-refractivity contribution in [3.63, 3.8) is 0 Å². The largest absolute Gasteiger partial charge is 0.384 e. The third-order valence-electron chi connectivity index (χ3n) is 4.02. The molecular formula is C17H28N2O. The average molecular weight is 276 g/mol. The lowest BCUT2D eigenvalue weighted by atomic mass is 9.95. The fourth-order valence-corrected chi connectivity index (χ4v) is 2.97. The number of nitrogens with zero attached hydrogens (tertiary/aromatic N) is 2. The van der Waals surface area contributed by atoms with Gasteiger partial charge < -0.3 is 10.0 Å². The van der Waals surface area contributed by atoms with E-state index < -0.39 is 5.60 Å². The second-order valence-electron chi connectivity index (χ2n) is 6.61. The molecule has 1 aromatic rings. The summed E-state index contributed by atoms with van der Waals surface area (Å²) >= 11 is 0. The molecule has 1 atom stereocenters. The molecule has 0 radical (unpaired) electrons. The van der Waals surface area contributed by atoms with E-state index in [9.17, 15) is 5.11 Å². The summed E-state index contributed by atoms with van der Waals surface area (Å²) in [5, 5.41) is 10.7. The number of aliphatic hydroxyl groups is 1. The molecule has 0 aromatic heterocycles. The van der Waals surface area contributed by atoms with E-state index in [1.54, 1.807) is 0 Å². The van der Waals surface area contributed by atoms with Gasteiger partial charge >= 0.3 is 0 Å². The molecule has 112 valence electrons. The summed E-state index contributed by atoms with van der Waals surface area (Å²) in [7, 11) is 0. The molecule has 1 fully saturated rings. The van der Waals surface area contributed by atoms with Crippen LogP contribution in [0.15, 0.2) is 30.3 Å². The first-order valence-corrected chi connectivity index (χ1v) is 7.70. The first-order valence-electron chi connectivity index (χ1n) is 7.70. The molecule has 0 bridgehead atoms. The monoisotopic (exact) mass is 276 g/mol. The van der Waals surface area contributed by atoms with E-state index in [-0.39, 0.29) is 0 Å². The van der Waals surface area contributed by atoms with Crippen LogP contribution in [0.1, 0.15) is 26.3 Å². The van der Waals surface area contributed by atoms with Crippen molar-refractivity contribution in [1.82, 2.24) is 9.80 Å². The molecule has 1 heterocycles. The summed E-state index contributed by atoms with van der Waals surface area (Å²) in [6, 6.07) is 9.99. The van der Waals surface area contributed by atoms with Crippen molar-refractivity contribution in [3.05, 3.63) is 35.9 Å². The first kappa shape index (κ1) is 15.5. The van der Waals surface area contributed by atoms with Gasteiger partial charge in [-0.15, -0.1) is 0 Å². The fraction of sp³-hybridized carbons (Fsp3) is 0.647. The molecule has 0 amide bonds. The second kappa shape index (κ2) is 6.70. The summed E-state index contributed by atoms with van der Waals surface area (Å²) < 4.78 is 0. The van der Waals surface area contributed by atoms with Crippen LogP contribution in [0.5, 0.6) is 0 Å². The number of rotatable bonds is 5. The zero-order valence-electron chi connectivity index (χ0n) is 13.0. The third-order valence-corrected chi connectivity index (χ3v) is 4.02. The number of piperazine rings is 1. The number of hydrogen-bond donors (Lipinski definition) is 1. The Kier molecular flexibility index (Phi) is 5.19. The van der Waals surface area contributed by atoms with Crippen molar-refractivity contribution in [1.29, 1.82) is 0 Å². The van der Waals surface area contributed by atoms with Gasteiger partial charge in [-0.1, -0.05) is 44.2 Å². The van der Waals surface area contributed by atoms with Gasteiger partial charge in [0, 0.05) is 39.3 Å². The second-order valence-corrected chi connectivity index (χ2v) is 6.61. The lowest BCUT2D eigenvalue weighted by Crippen LogP contribution is -2.51. The summed E-state index contributed by atoms with van der Waals surface area (Å²) in [5.74, 6) is 0.731. The van der Waals surface area contributed by atoms with Crippen LogP contribution in [0, 0.1) is 5.92 Å². The molecule has 3 heteroatoms. The lowest BCUT2D eigenvalue weighted by Gasteiger charge is -2.39. The fourth-order valence-electron chi connectivity index (χ4n) is 2.97. The van der Waals surface area contributed by atoms with Gasteiger partial charge in [-0.25, -0.2) is 0 Å². The zero-order chi connectivity index (χ0) is 14.6. The Morgan fingerprint density at radius 3 is 2.15 bits per heavy atom. The molecule has 3 nitrogen and oxygen atoms in total. The van der Waals surface area contributed by atoms with Crippen molar-refractivity contribution >= 4 is 0 Å². The molecule has 0 aliphatic carbocycles. The van der Waals surface area contributed by atoms with E-state index in [1.165, 1.54) is 6.54 Å². The van der Waals surface area contributed by atoms with Gasteiger partial charge in [-0.2, -0.15) is 0 Å². The minimum Gasteiger partial charge on any atom is -0.384 e. The molecule has 1 saturated heterocycles. The van der Waals surface area contributed by atoms with Crippen LogP contribution in [-0.4, -0.2) is 54.2 Å². The van der Waals surface area contributed by atoms with Gasteiger partial charge in [-0.3, -0.25) is 4.90 Å². The van der Waals surface area contributed by atoms with Crippen LogP contribution in [0.3, 0.4) is 0 Å². The third kappa shape index (κ3) is 4.30. The summed E-state index contributed by atoms with van der Waals surface area (Å²) in [6.45, 7) is 12.7. The Labute approximate surface area is 123 Å². The van der Waals surface area contributed by atoms with Crippen LogP contribution in [0.4, 0.5) is 0 Å². The normalized spacial score (nSPS) is 21.1. The minimum atomic E-state index is -0.762. The highest BCUT2D eigenvalue weighted by molar-refractivity contribution is 5.21. The Morgan fingerprint density at radius 1 is 1.05 bits per heavy atom. The van der Waals surface area contributed by atoms with E-state index in [1.807, 2.05) is 37.3 Å². The molecule has 2 rings (SSSR count). The lowest BCUT2D eigenvalue weighted by molar-refractivity contribution is -0.000596. The van der Waals surface area contributed by atoms with Gasteiger partial charge in [0.2, 0.25) is 0 Å². The van der Waals surface area contributed by atoms with Crippen molar-refractivity contribution in [2.75, 3.05) is 39.3 Å².